The average Bonchev–Trinajstić information content (AvgIpc) is 3.38. The molecule has 0 fully saturated rings. The van der Waals surface area contributed by atoms with Crippen LogP contribution in [0.25, 0.3) is 0 Å². The molecule has 2 N–H and O–H groups in total. The number of hydrogen-bond acceptors (Lipinski definition) is 9. The van der Waals surface area contributed by atoms with E-state index >= 15 is 0 Å². The van der Waals surface area contributed by atoms with Crippen molar-refractivity contribution in [2.75, 3.05) is 26.2 Å². The smallest absolute Gasteiger partial charge is 0.270 e. The second kappa shape index (κ2) is 9.90. The Bertz CT molecular complexity index is 1150. The zero-order chi connectivity index (χ0) is 25.2. The number of imidazole rings is 1. The number of nitro groups is 1. The Morgan fingerprint density at radius 3 is 2.51 bits per heavy atom. The minimum atomic E-state index is -1.34. The fourth-order valence-corrected chi connectivity index (χ4v) is 4.51. The van der Waals surface area contributed by atoms with Gasteiger partial charge in [0.1, 0.15) is 23.4 Å². The average molecular weight is 485 g/mol. The van der Waals surface area contributed by atoms with Crippen LogP contribution in [0, 0.1) is 10.1 Å². The Morgan fingerprint density at radius 1 is 1.23 bits per heavy atom. The van der Waals surface area contributed by atoms with Gasteiger partial charge in [0.2, 0.25) is 0 Å². The number of benzene rings is 2. The predicted molar refractivity (Wildman–Crippen MR) is 126 cm³/mol. The highest BCUT2D eigenvalue weighted by atomic mass is 16.7. The van der Waals surface area contributed by atoms with Crippen molar-refractivity contribution in [2.24, 2.45) is 0 Å². The van der Waals surface area contributed by atoms with Crippen molar-refractivity contribution in [3.05, 3.63) is 76.4 Å². The van der Waals surface area contributed by atoms with Gasteiger partial charge in [0.05, 0.1) is 24.6 Å². The number of nitro benzene ring substituents is 1. The van der Waals surface area contributed by atoms with Crippen molar-refractivity contribution in [3.8, 4) is 11.5 Å². The monoisotopic (exact) mass is 484 g/mol. The van der Waals surface area contributed by atoms with Gasteiger partial charge >= 0.3 is 0 Å². The molecule has 35 heavy (non-hydrogen) atoms. The van der Waals surface area contributed by atoms with Gasteiger partial charge in [-0.1, -0.05) is 0 Å². The molecule has 11 nitrogen and oxygen atoms in total. The number of rotatable bonds is 9. The van der Waals surface area contributed by atoms with Gasteiger partial charge in [0.15, 0.2) is 11.9 Å². The van der Waals surface area contributed by atoms with Crippen LogP contribution in [0.2, 0.25) is 0 Å². The Hall–Kier alpha value is -3.67. The van der Waals surface area contributed by atoms with Crippen LogP contribution in [0.15, 0.2) is 54.9 Å². The summed E-state index contributed by atoms with van der Waals surface area (Å²) in [7, 11) is 4.49. The number of nitrogens with zero attached hydrogens (tertiary/aromatic N) is 3. The first kappa shape index (κ1) is 24.5. The highest BCUT2D eigenvalue weighted by Gasteiger charge is 2.54. The third kappa shape index (κ3) is 4.53. The second-order valence-electron chi connectivity index (χ2n) is 8.32. The van der Waals surface area contributed by atoms with Gasteiger partial charge in [0.25, 0.3) is 5.69 Å². The van der Waals surface area contributed by atoms with E-state index in [2.05, 4.69) is 9.97 Å². The van der Waals surface area contributed by atoms with Gasteiger partial charge in [-0.25, -0.2) is 4.98 Å². The lowest BCUT2D eigenvalue weighted by molar-refractivity contribution is -0.385. The van der Waals surface area contributed by atoms with E-state index in [0.29, 0.717) is 22.9 Å². The molecule has 2 heterocycles. The van der Waals surface area contributed by atoms with Crippen molar-refractivity contribution in [1.29, 1.82) is 0 Å². The molecule has 0 aliphatic carbocycles. The van der Waals surface area contributed by atoms with Gasteiger partial charge in [-0.05, 0) is 37.3 Å². The summed E-state index contributed by atoms with van der Waals surface area (Å²) in [5.41, 5.74) is -0.265. The van der Waals surface area contributed by atoms with Crippen LogP contribution < -0.4 is 14.4 Å². The molecule has 1 aliphatic heterocycles. The van der Waals surface area contributed by atoms with Crippen molar-refractivity contribution in [2.45, 2.75) is 37.5 Å². The molecule has 3 aromatic rings. The topological polar surface area (TPSA) is 132 Å². The first-order valence-corrected chi connectivity index (χ1v) is 10.9. The summed E-state index contributed by atoms with van der Waals surface area (Å²) in [6.45, 7) is 1.95. The van der Waals surface area contributed by atoms with Crippen LogP contribution in [0.3, 0.4) is 0 Å². The normalized spacial score (nSPS) is 21.3. The number of methoxy groups -OCH3 is 3. The summed E-state index contributed by atoms with van der Waals surface area (Å²) < 4.78 is 22.5. The van der Waals surface area contributed by atoms with Gasteiger partial charge in [-0.3, -0.25) is 10.1 Å². The summed E-state index contributed by atoms with van der Waals surface area (Å²) in [6, 6.07) is 10.9. The van der Waals surface area contributed by atoms with Crippen LogP contribution in [0.4, 0.5) is 11.4 Å². The number of nitrogens with one attached hydrogen (secondary N) is 1. The SMILES string of the molecule is COc1ccc(N(Cc2ncc[nH]2)[C@H]2c3cc([N+](=O)[O-])ccc3O[C@](C)(C(OC)OC)[C@@H]2O)cc1. The summed E-state index contributed by atoms with van der Waals surface area (Å²) in [4.78, 5) is 20.5. The molecular formula is C24H28N4O7. The van der Waals surface area contributed by atoms with E-state index in [9.17, 15) is 15.2 Å². The fraction of sp³-hybridized carbons (Fsp3) is 0.375. The third-order valence-electron chi connectivity index (χ3n) is 6.25. The largest absolute Gasteiger partial charge is 0.497 e. The van der Waals surface area contributed by atoms with Crippen molar-refractivity contribution < 1.29 is 29.0 Å². The molecule has 1 aromatic heterocycles. The van der Waals surface area contributed by atoms with E-state index in [-0.39, 0.29) is 12.2 Å². The number of aromatic amines is 1. The molecule has 0 unspecified atom stereocenters. The number of aromatic nitrogens is 2. The molecule has 0 amide bonds. The number of hydrogen-bond donors (Lipinski definition) is 2. The molecule has 186 valence electrons. The predicted octanol–water partition coefficient (Wildman–Crippen LogP) is 3.21. The van der Waals surface area contributed by atoms with Crippen LogP contribution in [0.1, 0.15) is 24.4 Å². The first-order valence-electron chi connectivity index (χ1n) is 10.9. The summed E-state index contributed by atoms with van der Waals surface area (Å²) >= 11 is 0. The van der Waals surface area contributed by atoms with E-state index in [1.165, 1.54) is 32.4 Å². The van der Waals surface area contributed by atoms with Gasteiger partial charge in [-0.2, -0.15) is 0 Å². The summed E-state index contributed by atoms with van der Waals surface area (Å²) in [5, 5.41) is 23.4. The number of anilines is 1. The first-order chi connectivity index (χ1) is 16.8. The molecule has 0 saturated carbocycles. The highest BCUT2D eigenvalue weighted by Crippen LogP contribution is 2.47. The van der Waals surface area contributed by atoms with Crippen molar-refractivity contribution in [1.82, 2.24) is 9.97 Å². The van der Waals surface area contributed by atoms with Gasteiger partial charge in [0, 0.05) is 50.0 Å². The number of aliphatic hydroxyl groups excluding tert-OH is 1. The molecule has 0 bridgehead atoms. The quantitative estimate of drug-likeness (QED) is 0.267. The third-order valence-corrected chi connectivity index (χ3v) is 6.25. The Kier molecular flexibility index (Phi) is 6.92. The summed E-state index contributed by atoms with van der Waals surface area (Å²) in [5.74, 6) is 1.69. The Balaban J connectivity index is 1.91. The zero-order valence-corrected chi connectivity index (χ0v) is 19.9. The maximum absolute atomic E-state index is 11.8. The minimum absolute atomic E-state index is 0.115. The lowest BCUT2D eigenvalue weighted by Crippen LogP contribution is -2.62. The van der Waals surface area contributed by atoms with E-state index in [1.807, 2.05) is 17.0 Å². The minimum Gasteiger partial charge on any atom is -0.497 e. The zero-order valence-electron chi connectivity index (χ0n) is 19.9. The van der Waals surface area contributed by atoms with E-state index < -0.39 is 29.0 Å². The van der Waals surface area contributed by atoms with E-state index in [4.69, 9.17) is 18.9 Å². The van der Waals surface area contributed by atoms with Crippen LogP contribution in [0.5, 0.6) is 11.5 Å². The molecule has 4 rings (SSSR count). The summed E-state index contributed by atoms with van der Waals surface area (Å²) in [6.07, 6.45) is 1.19. The van der Waals surface area contributed by atoms with Crippen LogP contribution in [-0.2, 0) is 16.0 Å². The maximum atomic E-state index is 11.8. The Labute approximate surface area is 202 Å². The van der Waals surface area contributed by atoms with E-state index in [1.54, 1.807) is 38.6 Å². The lowest BCUT2D eigenvalue weighted by Gasteiger charge is -2.49. The molecule has 2 aromatic carbocycles. The van der Waals surface area contributed by atoms with Crippen LogP contribution >= 0.6 is 0 Å². The van der Waals surface area contributed by atoms with Crippen LogP contribution in [-0.4, -0.2) is 59.3 Å². The number of non-ortho nitro benzene ring substituents is 1. The Morgan fingerprint density at radius 2 is 1.94 bits per heavy atom. The number of fused-ring (bicyclic) bond motifs is 1. The maximum Gasteiger partial charge on any atom is 0.270 e. The lowest BCUT2D eigenvalue weighted by atomic mass is 9.83. The number of ether oxygens (including phenoxy) is 4. The fourth-order valence-electron chi connectivity index (χ4n) is 4.51. The molecule has 0 radical (unpaired) electrons. The molecule has 3 atom stereocenters. The number of H-pyrrole nitrogens is 1. The molecule has 11 heteroatoms. The molecular weight excluding hydrogens is 456 g/mol. The number of aliphatic hydroxyl groups is 1. The second-order valence-corrected chi connectivity index (χ2v) is 8.32. The van der Waals surface area contributed by atoms with Gasteiger partial charge < -0.3 is 33.9 Å². The van der Waals surface area contributed by atoms with Crippen molar-refractivity contribution >= 4 is 11.4 Å². The van der Waals surface area contributed by atoms with Gasteiger partial charge in [-0.15, -0.1) is 0 Å². The molecule has 0 spiro atoms. The molecule has 1 aliphatic rings. The van der Waals surface area contributed by atoms with Crippen molar-refractivity contribution in [3.63, 3.8) is 0 Å². The van der Waals surface area contributed by atoms with E-state index in [0.717, 1.165) is 5.69 Å². The molecule has 0 saturated heterocycles. The highest BCUT2D eigenvalue weighted by molar-refractivity contribution is 5.56. The standard InChI is InChI=1S/C24H28N4O7/c1-24(23(33-3)34-4)22(29)21(18-13-16(28(30)31)7-10-19(18)35-24)27(14-20-25-11-12-26-20)15-5-8-17(32-2)9-6-15/h5-13,21-23,29H,14H2,1-4H3,(H,25,26)/t21-,22+,24-/m0/s1.